The molecule has 0 fully saturated rings. The van der Waals surface area contributed by atoms with Gasteiger partial charge in [0.2, 0.25) is 5.91 Å². The number of carbonyl (C=O) groups excluding carboxylic acids is 4. The third-order valence-electron chi connectivity index (χ3n) is 4.93. The molecule has 0 atom stereocenters. The van der Waals surface area contributed by atoms with Crippen LogP contribution in [0.2, 0.25) is 0 Å². The highest BCUT2D eigenvalue weighted by molar-refractivity contribution is 5.98. The molecule has 0 radical (unpaired) electrons. The maximum Gasteiger partial charge on any atom is 0.343 e. The summed E-state index contributed by atoms with van der Waals surface area (Å²) < 4.78 is 10.3. The van der Waals surface area contributed by atoms with E-state index in [4.69, 9.17) is 9.47 Å². The molecule has 0 aliphatic carbocycles. The van der Waals surface area contributed by atoms with Crippen LogP contribution in [0.15, 0.2) is 72.8 Å². The van der Waals surface area contributed by atoms with Crippen molar-refractivity contribution in [2.45, 2.75) is 26.7 Å². The van der Waals surface area contributed by atoms with Gasteiger partial charge in [0.15, 0.2) is 12.4 Å². The fourth-order valence-electron chi connectivity index (χ4n) is 2.94. The first-order valence-electron chi connectivity index (χ1n) is 10.7. The van der Waals surface area contributed by atoms with Crippen molar-refractivity contribution in [2.24, 2.45) is 0 Å². The molecule has 0 heterocycles. The van der Waals surface area contributed by atoms with E-state index in [1.54, 1.807) is 24.3 Å². The van der Waals surface area contributed by atoms with Crippen LogP contribution < -0.4 is 10.1 Å². The minimum absolute atomic E-state index is 0.0536. The molecule has 0 aliphatic rings. The molecule has 1 N–H and O–H groups in total. The van der Waals surface area contributed by atoms with Crippen molar-refractivity contribution in [1.82, 2.24) is 0 Å². The van der Waals surface area contributed by atoms with Crippen molar-refractivity contribution < 1.29 is 28.7 Å². The first kappa shape index (κ1) is 24.4. The van der Waals surface area contributed by atoms with Crippen molar-refractivity contribution in [2.75, 3.05) is 11.9 Å². The Labute approximate surface area is 197 Å². The minimum atomic E-state index is -0.643. The van der Waals surface area contributed by atoms with E-state index in [1.807, 2.05) is 38.1 Å². The number of benzene rings is 3. The summed E-state index contributed by atoms with van der Waals surface area (Å²) in [4.78, 5) is 48.3. The van der Waals surface area contributed by atoms with Crippen LogP contribution in [-0.2, 0) is 14.3 Å². The number of aryl methyl sites for hydroxylation is 2. The van der Waals surface area contributed by atoms with Gasteiger partial charge in [-0.2, -0.15) is 0 Å². The number of amides is 1. The lowest BCUT2D eigenvalue weighted by Crippen LogP contribution is -2.17. The average Bonchev–Trinajstić information content (AvgIpc) is 2.83. The van der Waals surface area contributed by atoms with Gasteiger partial charge in [-0.05, 0) is 62.4 Å². The lowest BCUT2D eigenvalue weighted by molar-refractivity contribution is -0.143. The summed E-state index contributed by atoms with van der Waals surface area (Å²) >= 11 is 0. The van der Waals surface area contributed by atoms with Crippen molar-refractivity contribution in [1.29, 1.82) is 0 Å². The Hall–Kier alpha value is -4.26. The van der Waals surface area contributed by atoms with E-state index in [-0.39, 0.29) is 18.7 Å². The molecule has 0 saturated heterocycles. The number of esters is 2. The molecule has 34 heavy (non-hydrogen) atoms. The van der Waals surface area contributed by atoms with Crippen LogP contribution in [0.4, 0.5) is 5.69 Å². The zero-order valence-electron chi connectivity index (χ0n) is 19.0. The molecular weight excluding hydrogens is 434 g/mol. The molecule has 0 spiro atoms. The van der Waals surface area contributed by atoms with Gasteiger partial charge >= 0.3 is 11.9 Å². The summed E-state index contributed by atoms with van der Waals surface area (Å²) in [5.41, 5.74) is 3.48. The van der Waals surface area contributed by atoms with Crippen LogP contribution in [-0.4, -0.2) is 30.2 Å². The van der Waals surface area contributed by atoms with E-state index in [0.717, 1.165) is 11.1 Å². The molecule has 0 bridgehead atoms. The van der Waals surface area contributed by atoms with Crippen LogP contribution in [0.25, 0.3) is 0 Å². The molecule has 1 amide bonds. The van der Waals surface area contributed by atoms with Gasteiger partial charge in [0.05, 0.1) is 12.0 Å². The van der Waals surface area contributed by atoms with Crippen molar-refractivity contribution in [3.63, 3.8) is 0 Å². The maximum absolute atomic E-state index is 12.3. The first-order valence-corrected chi connectivity index (χ1v) is 10.7. The van der Waals surface area contributed by atoms with E-state index < -0.39 is 24.3 Å². The molecule has 0 unspecified atom stereocenters. The number of Topliss-reactive ketones (excluding diaryl/α,β-unsaturated/α-hetero) is 1. The van der Waals surface area contributed by atoms with Crippen LogP contribution in [0, 0.1) is 13.8 Å². The monoisotopic (exact) mass is 459 g/mol. The van der Waals surface area contributed by atoms with Crippen LogP contribution >= 0.6 is 0 Å². The summed E-state index contributed by atoms with van der Waals surface area (Å²) in [6.45, 7) is 3.42. The smallest absolute Gasteiger partial charge is 0.343 e. The molecular formula is C27H25NO6. The van der Waals surface area contributed by atoms with E-state index in [9.17, 15) is 19.2 Å². The largest absolute Gasteiger partial charge is 0.457 e. The Morgan fingerprint density at radius 2 is 1.26 bits per heavy atom. The molecule has 3 aromatic carbocycles. The van der Waals surface area contributed by atoms with Gasteiger partial charge in [0.1, 0.15) is 5.75 Å². The van der Waals surface area contributed by atoms with Crippen LogP contribution in [0.1, 0.15) is 44.7 Å². The number of ketones is 1. The van der Waals surface area contributed by atoms with Crippen molar-refractivity contribution in [3.05, 3.63) is 95.1 Å². The number of rotatable bonds is 9. The van der Waals surface area contributed by atoms with Gasteiger partial charge in [-0.15, -0.1) is 0 Å². The summed E-state index contributed by atoms with van der Waals surface area (Å²) in [5, 5.41) is 2.70. The van der Waals surface area contributed by atoms with E-state index in [1.165, 1.54) is 24.3 Å². The summed E-state index contributed by atoms with van der Waals surface area (Å²) in [6, 6.07) is 20.3. The molecule has 3 aromatic rings. The molecule has 3 rings (SSSR count). The summed E-state index contributed by atoms with van der Waals surface area (Å²) in [6.07, 6.45) is -0.194. The second-order valence-corrected chi connectivity index (χ2v) is 7.78. The second-order valence-electron chi connectivity index (χ2n) is 7.78. The number of ether oxygens (including phenoxy) is 2. The Morgan fingerprint density at radius 3 is 1.88 bits per heavy atom. The standard InChI is InChI=1S/C27H25NO6/c1-18-3-7-21(8-4-18)27(32)34-23-13-9-20(10-14-23)24(29)17-33-26(31)16-15-25(30)28-22-11-5-19(2)6-12-22/h3-14H,15-17H2,1-2H3,(H,28,30). The number of hydrogen-bond acceptors (Lipinski definition) is 6. The molecule has 0 aromatic heterocycles. The second kappa shape index (κ2) is 11.6. The highest BCUT2D eigenvalue weighted by Crippen LogP contribution is 2.15. The number of nitrogens with one attached hydrogen (secondary N) is 1. The SMILES string of the molecule is Cc1ccc(NC(=O)CCC(=O)OCC(=O)c2ccc(OC(=O)c3ccc(C)cc3)cc2)cc1. The van der Waals surface area contributed by atoms with Gasteiger partial charge in [0, 0.05) is 17.7 Å². The van der Waals surface area contributed by atoms with E-state index in [2.05, 4.69) is 5.32 Å². The molecule has 0 saturated carbocycles. The highest BCUT2D eigenvalue weighted by Gasteiger charge is 2.13. The van der Waals surface area contributed by atoms with Crippen molar-refractivity contribution >= 4 is 29.3 Å². The van der Waals surface area contributed by atoms with Crippen LogP contribution in [0.5, 0.6) is 5.75 Å². The third-order valence-corrected chi connectivity index (χ3v) is 4.93. The van der Waals surface area contributed by atoms with E-state index in [0.29, 0.717) is 22.6 Å². The average molecular weight is 459 g/mol. The normalized spacial score (nSPS) is 10.3. The minimum Gasteiger partial charge on any atom is -0.457 e. The quantitative estimate of drug-likeness (QED) is 0.284. The highest BCUT2D eigenvalue weighted by atomic mass is 16.5. The van der Waals surface area contributed by atoms with Gasteiger partial charge in [-0.1, -0.05) is 35.4 Å². The maximum atomic E-state index is 12.3. The van der Waals surface area contributed by atoms with Gasteiger partial charge < -0.3 is 14.8 Å². The third kappa shape index (κ3) is 7.41. The first-order chi connectivity index (χ1) is 16.3. The fraction of sp³-hybridized carbons (Fsp3) is 0.185. The number of carbonyl (C=O) groups is 4. The predicted molar refractivity (Wildman–Crippen MR) is 127 cm³/mol. The fourth-order valence-corrected chi connectivity index (χ4v) is 2.94. The van der Waals surface area contributed by atoms with Gasteiger partial charge in [-0.25, -0.2) is 4.79 Å². The predicted octanol–water partition coefficient (Wildman–Crippen LogP) is 4.67. The molecule has 174 valence electrons. The zero-order chi connectivity index (χ0) is 24.5. The Balaban J connectivity index is 1.41. The lowest BCUT2D eigenvalue weighted by atomic mass is 10.1. The van der Waals surface area contributed by atoms with Crippen LogP contribution in [0.3, 0.4) is 0 Å². The Morgan fingerprint density at radius 1 is 0.706 bits per heavy atom. The zero-order valence-corrected chi connectivity index (χ0v) is 19.0. The Kier molecular flexibility index (Phi) is 8.29. The molecule has 7 nitrogen and oxygen atoms in total. The van der Waals surface area contributed by atoms with Gasteiger partial charge in [-0.3, -0.25) is 14.4 Å². The lowest BCUT2D eigenvalue weighted by Gasteiger charge is -2.07. The number of hydrogen-bond donors (Lipinski definition) is 1. The van der Waals surface area contributed by atoms with E-state index >= 15 is 0 Å². The number of anilines is 1. The Bertz CT molecular complexity index is 1170. The topological polar surface area (TPSA) is 98.8 Å². The molecule has 0 aliphatic heterocycles. The van der Waals surface area contributed by atoms with Gasteiger partial charge in [0.25, 0.3) is 0 Å². The summed E-state index contributed by atoms with van der Waals surface area (Å²) in [5.74, 6) is -1.58. The molecule has 7 heteroatoms. The van der Waals surface area contributed by atoms with Crippen molar-refractivity contribution in [3.8, 4) is 5.75 Å². The summed E-state index contributed by atoms with van der Waals surface area (Å²) in [7, 11) is 0.